The number of hydrogen-bond donors (Lipinski definition) is 3. The van der Waals surface area contributed by atoms with Gasteiger partial charge in [-0.2, -0.15) is 4.98 Å². The van der Waals surface area contributed by atoms with E-state index in [1.165, 1.54) is 19.3 Å². The smallest absolute Gasteiger partial charge is 0.273 e. The van der Waals surface area contributed by atoms with Gasteiger partial charge in [0.05, 0.1) is 5.52 Å². The second-order valence-corrected chi connectivity index (χ2v) is 9.08. The summed E-state index contributed by atoms with van der Waals surface area (Å²) in [6.45, 7) is 2.24. The van der Waals surface area contributed by atoms with Gasteiger partial charge in [0.25, 0.3) is 5.91 Å². The van der Waals surface area contributed by atoms with Crippen molar-refractivity contribution < 1.29 is 4.79 Å². The van der Waals surface area contributed by atoms with Crippen LogP contribution in [0.3, 0.4) is 0 Å². The van der Waals surface area contributed by atoms with Crippen molar-refractivity contribution in [1.29, 1.82) is 0 Å². The quantitative estimate of drug-likeness (QED) is 0.383. The summed E-state index contributed by atoms with van der Waals surface area (Å²) in [5.41, 5.74) is 9.65. The molecule has 4 aromatic rings. The van der Waals surface area contributed by atoms with Crippen LogP contribution in [0.5, 0.6) is 0 Å². The molecule has 1 aliphatic carbocycles. The molecular weight excluding hydrogens is 426 g/mol. The zero-order valence-electron chi connectivity index (χ0n) is 19.5. The van der Waals surface area contributed by atoms with Crippen LogP contribution in [0.4, 0.5) is 17.5 Å². The van der Waals surface area contributed by atoms with Crippen molar-refractivity contribution in [1.82, 2.24) is 19.7 Å². The van der Waals surface area contributed by atoms with E-state index in [0.29, 0.717) is 17.7 Å². The molecular formula is C26H29N7O. The number of aryl methyl sites for hydroxylation is 1. The molecule has 1 saturated carbocycles. The zero-order chi connectivity index (χ0) is 23.7. The van der Waals surface area contributed by atoms with Gasteiger partial charge in [0, 0.05) is 30.4 Å². The molecule has 2 atom stereocenters. The summed E-state index contributed by atoms with van der Waals surface area (Å²) in [4.78, 5) is 16.8. The van der Waals surface area contributed by atoms with Crippen molar-refractivity contribution in [2.24, 2.45) is 18.7 Å². The van der Waals surface area contributed by atoms with E-state index in [2.05, 4.69) is 61.6 Å². The highest BCUT2D eigenvalue weighted by Crippen LogP contribution is 2.34. The number of amides is 1. The highest BCUT2D eigenvalue weighted by molar-refractivity contribution is 6.01. The average molecular weight is 456 g/mol. The number of carbonyl (C=O) groups is 1. The summed E-state index contributed by atoms with van der Waals surface area (Å²) in [6, 6.07) is 16.7. The summed E-state index contributed by atoms with van der Waals surface area (Å²) < 4.78 is 2.07. The van der Waals surface area contributed by atoms with E-state index in [-0.39, 0.29) is 11.7 Å². The Hall–Kier alpha value is -3.94. The van der Waals surface area contributed by atoms with Crippen molar-refractivity contribution in [3.05, 3.63) is 60.4 Å². The van der Waals surface area contributed by atoms with Gasteiger partial charge in [0.2, 0.25) is 5.95 Å². The molecule has 2 aromatic carbocycles. The number of carbonyl (C=O) groups excluding carboxylic acids is 1. The molecule has 0 aliphatic heterocycles. The zero-order valence-corrected chi connectivity index (χ0v) is 19.5. The van der Waals surface area contributed by atoms with Crippen molar-refractivity contribution in [3.63, 3.8) is 0 Å². The van der Waals surface area contributed by atoms with Crippen LogP contribution in [0.2, 0.25) is 0 Å². The van der Waals surface area contributed by atoms with E-state index in [0.717, 1.165) is 34.1 Å². The molecule has 1 fully saturated rings. The normalized spacial score (nSPS) is 18.1. The number of rotatable bonds is 6. The maximum absolute atomic E-state index is 12.1. The number of anilines is 3. The van der Waals surface area contributed by atoms with E-state index in [4.69, 9.17) is 5.73 Å². The first-order valence-corrected chi connectivity index (χ1v) is 11.7. The monoisotopic (exact) mass is 455 g/mol. The van der Waals surface area contributed by atoms with Crippen LogP contribution in [0.25, 0.3) is 22.0 Å². The Morgan fingerprint density at radius 1 is 1.06 bits per heavy atom. The third-order valence-corrected chi connectivity index (χ3v) is 6.71. The summed E-state index contributed by atoms with van der Waals surface area (Å²) in [5.74, 6) is 0.540. The summed E-state index contributed by atoms with van der Waals surface area (Å²) in [5, 5.41) is 16.0. The first-order chi connectivity index (χ1) is 16.5. The Labute approximate surface area is 198 Å². The lowest BCUT2D eigenvalue weighted by Gasteiger charge is -2.29. The maximum atomic E-state index is 12.1. The predicted octanol–water partition coefficient (Wildman–Crippen LogP) is 4.86. The fourth-order valence-corrected chi connectivity index (χ4v) is 4.74. The van der Waals surface area contributed by atoms with Crippen molar-refractivity contribution in [3.8, 4) is 11.1 Å². The van der Waals surface area contributed by atoms with Crippen LogP contribution >= 0.6 is 0 Å². The van der Waals surface area contributed by atoms with Crippen LogP contribution < -0.4 is 16.4 Å². The van der Waals surface area contributed by atoms with Gasteiger partial charge in [-0.3, -0.25) is 4.79 Å². The summed E-state index contributed by atoms with van der Waals surface area (Å²) >= 11 is 0. The molecule has 0 bridgehead atoms. The SMILES string of the molecule is C[C@H]1CCCC[C@H]1Nc1nnc(C(N)=O)c(Nc2cc(-c3ccccc3)cc3c2ccn3C)n1. The van der Waals surface area contributed by atoms with Gasteiger partial charge in [0.1, 0.15) is 0 Å². The predicted molar refractivity (Wildman–Crippen MR) is 135 cm³/mol. The number of primary amides is 1. The Balaban J connectivity index is 1.55. The Kier molecular flexibility index (Phi) is 5.88. The van der Waals surface area contributed by atoms with Crippen LogP contribution in [0.1, 0.15) is 43.1 Å². The molecule has 0 saturated heterocycles. The van der Waals surface area contributed by atoms with Gasteiger partial charge >= 0.3 is 0 Å². The molecule has 1 amide bonds. The average Bonchev–Trinajstić information content (AvgIpc) is 3.22. The number of nitrogens with two attached hydrogens (primary N) is 1. The topological polar surface area (TPSA) is 111 Å². The molecule has 34 heavy (non-hydrogen) atoms. The Bertz CT molecular complexity index is 1330. The van der Waals surface area contributed by atoms with Crippen LogP contribution in [0.15, 0.2) is 54.7 Å². The number of nitrogens with zero attached hydrogens (tertiary/aromatic N) is 4. The maximum Gasteiger partial charge on any atom is 0.273 e. The molecule has 8 nitrogen and oxygen atoms in total. The van der Waals surface area contributed by atoms with E-state index < -0.39 is 5.91 Å². The lowest BCUT2D eigenvalue weighted by Crippen LogP contribution is -2.31. The highest BCUT2D eigenvalue weighted by Gasteiger charge is 2.23. The van der Waals surface area contributed by atoms with Gasteiger partial charge in [-0.05, 0) is 48.1 Å². The van der Waals surface area contributed by atoms with Gasteiger partial charge in [-0.1, -0.05) is 50.1 Å². The molecule has 8 heteroatoms. The molecule has 2 aromatic heterocycles. The van der Waals surface area contributed by atoms with Crippen LogP contribution in [-0.4, -0.2) is 31.7 Å². The molecule has 4 N–H and O–H groups in total. The van der Waals surface area contributed by atoms with E-state index >= 15 is 0 Å². The minimum absolute atomic E-state index is 0.0106. The van der Waals surface area contributed by atoms with Gasteiger partial charge in [-0.25, -0.2) is 0 Å². The number of nitrogens with one attached hydrogen (secondary N) is 2. The summed E-state index contributed by atoms with van der Waals surface area (Å²) in [7, 11) is 2.01. The second-order valence-electron chi connectivity index (χ2n) is 9.08. The molecule has 2 heterocycles. The Morgan fingerprint density at radius 2 is 1.85 bits per heavy atom. The molecule has 1 aliphatic rings. The Morgan fingerprint density at radius 3 is 2.62 bits per heavy atom. The van der Waals surface area contributed by atoms with E-state index in [1.54, 1.807) is 0 Å². The molecule has 174 valence electrons. The molecule has 0 unspecified atom stereocenters. The van der Waals surface area contributed by atoms with Crippen LogP contribution in [0, 0.1) is 5.92 Å². The lowest BCUT2D eigenvalue weighted by atomic mass is 9.86. The van der Waals surface area contributed by atoms with Gasteiger partial charge in [0.15, 0.2) is 11.5 Å². The first-order valence-electron chi connectivity index (χ1n) is 11.7. The standard InChI is InChI=1S/C26H29N7O/c1-16-8-6-7-11-20(16)29-26-30-25(23(24(27)34)31-32-26)28-21-14-18(17-9-4-3-5-10-17)15-22-19(21)12-13-33(22)2/h3-5,9-10,12-16,20H,6-8,11H2,1-2H3,(H2,27,34)(H2,28,29,30,32)/t16-,20+/m0/s1. The van der Waals surface area contributed by atoms with Gasteiger partial charge in [-0.15, -0.1) is 10.2 Å². The van der Waals surface area contributed by atoms with Crippen molar-refractivity contribution in [2.75, 3.05) is 10.6 Å². The van der Waals surface area contributed by atoms with E-state index in [9.17, 15) is 4.79 Å². The number of fused-ring (bicyclic) bond motifs is 1. The number of aromatic nitrogens is 4. The first kappa shape index (κ1) is 21.9. The molecule has 0 spiro atoms. The third kappa shape index (κ3) is 4.31. The molecule has 0 radical (unpaired) electrons. The highest BCUT2D eigenvalue weighted by atomic mass is 16.1. The second kappa shape index (κ2) is 9.13. The largest absolute Gasteiger partial charge is 0.364 e. The minimum Gasteiger partial charge on any atom is -0.364 e. The number of benzene rings is 2. The van der Waals surface area contributed by atoms with E-state index in [1.807, 2.05) is 37.5 Å². The minimum atomic E-state index is -0.677. The van der Waals surface area contributed by atoms with Gasteiger partial charge < -0.3 is 20.9 Å². The third-order valence-electron chi connectivity index (χ3n) is 6.71. The summed E-state index contributed by atoms with van der Waals surface area (Å²) in [6.07, 6.45) is 6.67. The van der Waals surface area contributed by atoms with Crippen LogP contribution in [-0.2, 0) is 7.05 Å². The van der Waals surface area contributed by atoms with Crippen molar-refractivity contribution in [2.45, 2.75) is 38.6 Å². The lowest BCUT2D eigenvalue weighted by molar-refractivity contribution is 0.0995. The fourth-order valence-electron chi connectivity index (χ4n) is 4.74. The fraction of sp³-hybridized carbons (Fsp3) is 0.308. The molecule has 5 rings (SSSR count). The van der Waals surface area contributed by atoms with Crippen molar-refractivity contribution >= 4 is 34.3 Å². The number of hydrogen-bond acceptors (Lipinski definition) is 6.